The lowest BCUT2D eigenvalue weighted by atomic mass is 9.98. The Bertz CT molecular complexity index is 804. The summed E-state index contributed by atoms with van der Waals surface area (Å²) in [6.07, 6.45) is 2.08. The van der Waals surface area contributed by atoms with Gasteiger partial charge in [0.05, 0.1) is 6.61 Å². The summed E-state index contributed by atoms with van der Waals surface area (Å²) < 4.78 is 16.7. The third kappa shape index (κ3) is 3.47. The van der Waals surface area contributed by atoms with Crippen LogP contribution in [0.15, 0.2) is 42.5 Å². The van der Waals surface area contributed by atoms with E-state index in [2.05, 4.69) is 0 Å². The van der Waals surface area contributed by atoms with E-state index in [1.807, 2.05) is 42.2 Å². The summed E-state index contributed by atoms with van der Waals surface area (Å²) in [6, 6.07) is 13.4. The quantitative estimate of drug-likeness (QED) is 0.842. The molecule has 5 heteroatoms. The number of hydrogen-bond acceptors (Lipinski definition) is 4. The molecular formula is C21H23NO4. The number of amides is 1. The maximum absolute atomic E-state index is 12.9. The van der Waals surface area contributed by atoms with Gasteiger partial charge in [-0.1, -0.05) is 18.2 Å². The van der Waals surface area contributed by atoms with E-state index < -0.39 is 0 Å². The predicted molar refractivity (Wildman–Crippen MR) is 97.9 cm³/mol. The second kappa shape index (κ2) is 7.28. The lowest BCUT2D eigenvalue weighted by Gasteiger charge is -2.33. The molecule has 0 aromatic heterocycles. The van der Waals surface area contributed by atoms with Gasteiger partial charge in [-0.25, -0.2) is 0 Å². The second-order valence-corrected chi connectivity index (χ2v) is 6.90. The minimum atomic E-state index is 0.0453. The summed E-state index contributed by atoms with van der Waals surface area (Å²) in [6.45, 7) is 4.41. The van der Waals surface area contributed by atoms with Crippen LogP contribution in [0.1, 0.15) is 28.8 Å². The molecule has 26 heavy (non-hydrogen) atoms. The number of ether oxygens (including phenoxy) is 3. The van der Waals surface area contributed by atoms with E-state index in [9.17, 15) is 4.79 Å². The van der Waals surface area contributed by atoms with Crippen LogP contribution in [0, 0.1) is 12.8 Å². The van der Waals surface area contributed by atoms with Crippen LogP contribution in [0.2, 0.25) is 0 Å². The van der Waals surface area contributed by atoms with Crippen molar-refractivity contribution in [3.05, 3.63) is 53.6 Å². The highest BCUT2D eigenvalue weighted by Crippen LogP contribution is 2.33. The highest BCUT2D eigenvalue weighted by molar-refractivity contribution is 5.95. The Morgan fingerprint density at radius 3 is 2.92 bits per heavy atom. The van der Waals surface area contributed by atoms with Crippen LogP contribution < -0.4 is 14.2 Å². The molecule has 1 amide bonds. The number of fused-ring (bicyclic) bond motifs is 1. The van der Waals surface area contributed by atoms with Crippen LogP contribution in [0.5, 0.6) is 17.2 Å². The Morgan fingerprint density at radius 1 is 1.19 bits per heavy atom. The SMILES string of the molecule is Cc1ccccc1OCC1CCCN(C(=O)c2ccc3c(c2)OCO3)C1. The van der Waals surface area contributed by atoms with Crippen molar-refractivity contribution in [2.24, 2.45) is 5.92 Å². The van der Waals surface area contributed by atoms with Crippen molar-refractivity contribution in [2.45, 2.75) is 19.8 Å². The minimum absolute atomic E-state index is 0.0453. The Labute approximate surface area is 153 Å². The lowest BCUT2D eigenvalue weighted by Crippen LogP contribution is -2.41. The number of benzene rings is 2. The van der Waals surface area contributed by atoms with Crippen LogP contribution in [-0.4, -0.2) is 37.3 Å². The molecule has 1 fully saturated rings. The number of likely N-dealkylation sites (tertiary alicyclic amines) is 1. The van der Waals surface area contributed by atoms with Crippen molar-refractivity contribution >= 4 is 5.91 Å². The molecule has 5 nitrogen and oxygen atoms in total. The normalized spacial score (nSPS) is 18.7. The monoisotopic (exact) mass is 353 g/mol. The van der Waals surface area contributed by atoms with Gasteiger partial charge in [0.1, 0.15) is 5.75 Å². The van der Waals surface area contributed by atoms with Crippen LogP contribution in [-0.2, 0) is 0 Å². The minimum Gasteiger partial charge on any atom is -0.493 e. The summed E-state index contributed by atoms with van der Waals surface area (Å²) in [7, 11) is 0. The molecule has 136 valence electrons. The summed E-state index contributed by atoms with van der Waals surface area (Å²) >= 11 is 0. The van der Waals surface area contributed by atoms with Gasteiger partial charge >= 0.3 is 0 Å². The first kappa shape index (κ1) is 16.8. The largest absolute Gasteiger partial charge is 0.493 e. The average Bonchev–Trinajstić information content (AvgIpc) is 3.15. The van der Waals surface area contributed by atoms with Gasteiger partial charge in [0, 0.05) is 24.6 Å². The molecule has 0 aliphatic carbocycles. The summed E-state index contributed by atoms with van der Waals surface area (Å²) in [5.74, 6) is 2.66. The smallest absolute Gasteiger partial charge is 0.254 e. The van der Waals surface area contributed by atoms with Crippen molar-refractivity contribution < 1.29 is 19.0 Å². The Kier molecular flexibility index (Phi) is 4.69. The Balaban J connectivity index is 1.38. The molecule has 2 aromatic carbocycles. The van der Waals surface area contributed by atoms with E-state index >= 15 is 0 Å². The van der Waals surface area contributed by atoms with E-state index in [4.69, 9.17) is 14.2 Å². The number of aryl methyl sites for hydroxylation is 1. The zero-order chi connectivity index (χ0) is 17.9. The van der Waals surface area contributed by atoms with E-state index in [1.165, 1.54) is 0 Å². The zero-order valence-corrected chi connectivity index (χ0v) is 14.9. The van der Waals surface area contributed by atoms with Crippen LogP contribution >= 0.6 is 0 Å². The summed E-state index contributed by atoms with van der Waals surface area (Å²) in [5.41, 5.74) is 1.78. The molecule has 2 aliphatic heterocycles. The topological polar surface area (TPSA) is 48.0 Å². The fourth-order valence-corrected chi connectivity index (χ4v) is 3.52. The van der Waals surface area contributed by atoms with Gasteiger partial charge in [-0.05, 0) is 49.6 Å². The molecule has 1 atom stereocenters. The first-order chi connectivity index (χ1) is 12.7. The average molecular weight is 353 g/mol. The molecule has 2 aromatic rings. The highest BCUT2D eigenvalue weighted by atomic mass is 16.7. The fraction of sp³-hybridized carbons (Fsp3) is 0.381. The zero-order valence-electron chi connectivity index (χ0n) is 14.9. The number of para-hydroxylation sites is 1. The second-order valence-electron chi connectivity index (χ2n) is 6.90. The van der Waals surface area contributed by atoms with Crippen LogP contribution in [0.25, 0.3) is 0 Å². The first-order valence-corrected chi connectivity index (χ1v) is 9.08. The molecule has 2 heterocycles. The van der Waals surface area contributed by atoms with E-state index in [1.54, 1.807) is 12.1 Å². The van der Waals surface area contributed by atoms with Crippen molar-refractivity contribution in [1.29, 1.82) is 0 Å². The Morgan fingerprint density at radius 2 is 2.04 bits per heavy atom. The van der Waals surface area contributed by atoms with Gasteiger partial charge in [0.15, 0.2) is 11.5 Å². The number of rotatable bonds is 4. The molecule has 2 aliphatic rings. The van der Waals surface area contributed by atoms with Crippen LogP contribution in [0.4, 0.5) is 0 Å². The number of hydrogen-bond donors (Lipinski definition) is 0. The summed E-state index contributed by atoms with van der Waals surface area (Å²) in [5, 5.41) is 0. The third-order valence-corrected chi connectivity index (χ3v) is 4.99. The van der Waals surface area contributed by atoms with Gasteiger partial charge in [0.2, 0.25) is 6.79 Å². The van der Waals surface area contributed by atoms with Crippen molar-refractivity contribution in [1.82, 2.24) is 4.90 Å². The Hall–Kier alpha value is -2.69. The third-order valence-electron chi connectivity index (χ3n) is 4.99. The molecule has 0 radical (unpaired) electrons. The molecule has 1 unspecified atom stereocenters. The van der Waals surface area contributed by atoms with Crippen molar-refractivity contribution in [3.8, 4) is 17.2 Å². The molecule has 1 saturated heterocycles. The van der Waals surface area contributed by atoms with Crippen LogP contribution in [0.3, 0.4) is 0 Å². The number of nitrogens with zero attached hydrogens (tertiary/aromatic N) is 1. The van der Waals surface area contributed by atoms with Gasteiger partial charge in [0.25, 0.3) is 5.91 Å². The highest BCUT2D eigenvalue weighted by Gasteiger charge is 2.26. The number of carbonyl (C=O) groups excluding carboxylic acids is 1. The maximum Gasteiger partial charge on any atom is 0.254 e. The molecule has 0 bridgehead atoms. The van der Waals surface area contributed by atoms with Crippen molar-refractivity contribution in [2.75, 3.05) is 26.5 Å². The molecule has 4 rings (SSSR count). The maximum atomic E-state index is 12.9. The fourth-order valence-electron chi connectivity index (χ4n) is 3.52. The van der Waals surface area contributed by atoms with Gasteiger partial charge in [-0.2, -0.15) is 0 Å². The van der Waals surface area contributed by atoms with Crippen molar-refractivity contribution in [3.63, 3.8) is 0 Å². The number of carbonyl (C=O) groups is 1. The number of piperidine rings is 1. The first-order valence-electron chi connectivity index (χ1n) is 9.08. The van der Waals surface area contributed by atoms with Gasteiger partial charge < -0.3 is 19.1 Å². The van der Waals surface area contributed by atoms with Gasteiger partial charge in [-0.3, -0.25) is 4.79 Å². The van der Waals surface area contributed by atoms with E-state index in [0.717, 1.165) is 37.2 Å². The molecular weight excluding hydrogens is 330 g/mol. The molecule has 0 saturated carbocycles. The van der Waals surface area contributed by atoms with Gasteiger partial charge in [-0.15, -0.1) is 0 Å². The molecule has 0 spiro atoms. The predicted octanol–water partition coefficient (Wildman–Crippen LogP) is 3.65. The summed E-state index contributed by atoms with van der Waals surface area (Å²) in [4.78, 5) is 14.8. The van der Waals surface area contributed by atoms with E-state index in [0.29, 0.717) is 29.6 Å². The molecule has 0 N–H and O–H groups in total. The standard InChI is InChI=1S/C21H23NO4/c1-15-5-2-3-7-18(15)24-13-16-6-4-10-22(12-16)21(23)17-8-9-19-20(11-17)26-14-25-19/h2-3,5,7-9,11,16H,4,6,10,12-14H2,1H3. The van der Waals surface area contributed by atoms with E-state index in [-0.39, 0.29) is 12.7 Å². The lowest BCUT2D eigenvalue weighted by molar-refractivity contribution is 0.0632.